The lowest BCUT2D eigenvalue weighted by molar-refractivity contribution is -0.118. The molecule has 2 aromatic heterocycles. The summed E-state index contributed by atoms with van der Waals surface area (Å²) in [7, 11) is 0. The maximum Gasteiger partial charge on any atom is 0.277 e. The van der Waals surface area contributed by atoms with Gasteiger partial charge in [-0.25, -0.2) is 0 Å². The highest BCUT2D eigenvalue weighted by molar-refractivity contribution is 7.99. The van der Waals surface area contributed by atoms with Crippen molar-refractivity contribution in [3.05, 3.63) is 48.4 Å². The highest BCUT2D eigenvalue weighted by Crippen LogP contribution is 2.26. The topological polar surface area (TPSA) is 81.2 Å². The highest BCUT2D eigenvalue weighted by atomic mass is 32.2. The second-order valence-electron chi connectivity index (χ2n) is 5.06. The predicted octanol–water partition coefficient (Wildman–Crippen LogP) is 3.64. The van der Waals surface area contributed by atoms with Crippen molar-refractivity contribution in [1.82, 2.24) is 15.5 Å². The van der Waals surface area contributed by atoms with E-state index in [0.29, 0.717) is 23.4 Å². The lowest BCUT2D eigenvalue weighted by atomic mass is 10.3. The fourth-order valence-corrected chi connectivity index (χ4v) is 3.42. The van der Waals surface area contributed by atoms with E-state index in [1.54, 1.807) is 24.1 Å². The van der Waals surface area contributed by atoms with Gasteiger partial charge in [0.2, 0.25) is 5.91 Å². The number of hydrogen-bond donors (Lipinski definition) is 1. The zero-order chi connectivity index (χ0) is 17.5. The third kappa shape index (κ3) is 5.14. The third-order valence-corrected chi connectivity index (χ3v) is 5.09. The Morgan fingerprint density at radius 1 is 1.16 bits per heavy atom. The normalized spacial score (nSPS) is 10.8. The SMILES string of the molecule is Cc1occc1-c1nnc(SCC(=O)NCCSc2ccccc2)o1. The summed E-state index contributed by atoms with van der Waals surface area (Å²) in [6.07, 6.45) is 1.57. The van der Waals surface area contributed by atoms with Gasteiger partial charge < -0.3 is 14.2 Å². The van der Waals surface area contributed by atoms with Gasteiger partial charge in [-0.1, -0.05) is 30.0 Å². The van der Waals surface area contributed by atoms with Crippen LogP contribution in [0.1, 0.15) is 5.76 Å². The Labute approximate surface area is 153 Å². The number of nitrogens with zero attached hydrogens (tertiary/aromatic N) is 2. The Bertz CT molecular complexity index is 817. The van der Waals surface area contributed by atoms with Gasteiger partial charge in [0.25, 0.3) is 11.1 Å². The molecule has 0 aliphatic heterocycles. The van der Waals surface area contributed by atoms with Gasteiger partial charge in [-0.2, -0.15) is 0 Å². The van der Waals surface area contributed by atoms with Gasteiger partial charge in [-0.3, -0.25) is 4.79 Å². The number of furan rings is 1. The smallest absolute Gasteiger partial charge is 0.277 e. The molecule has 0 unspecified atom stereocenters. The van der Waals surface area contributed by atoms with E-state index in [-0.39, 0.29) is 11.7 Å². The van der Waals surface area contributed by atoms with E-state index in [1.165, 1.54) is 16.7 Å². The predicted molar refractivity (Wildman–Crippen MR) is 97.6 cm³/mol. The van der Waals surface area contributed by atoms with Crippen LogP contribution in [0, 0.1) is 6.92 Å². The summed E-state index contributed by atoms with van der Waals surface area (Å²) in [5, 5.41) is 11.2. The summed E-state index contributed by atoms with van der Waals surface area (Å²) in [5.41, 5.74) is 0.765. The van der Waals surface area contributed by atoms with Crippen LogP contribution in [-0.4, -0.2) is 34.2 Å². The molecule has 0 spiro atoms. The summed E-state index contributed by atoms with van der Waals surface area (Å²) in [4.78, 5) is 13.1. The zero-order valence-electron chi connectivity index (χ0n) is 13.6. The Balaban J connectivity index is 1.38. The number of rotatable bonds is 8. The summed E-state index contributed by atoms with van der Waals surface area (Å²) in [6, 6.07) is 11.9. The second-order valence-corrected chi connectivity index (χ2v) is 7.16. The Hall–Kier alpha value is -2.19. The minimum absolute atomic E-state index is 0.0575. The molecule has 0 fully saturated rings. The van der Waals surface area contributed by atoms with Crippen molar-refractivity contribution >= 4 is 29.4 Å². The average Bonchev–Trinajstić information content (AvgIpc) is 3.26. The van der Waals surface area contributed by atoms with E-state index >= 15 is 0 Å². The summed E-state index contributed by atoms with van der Waals surface area (Å²) >= 11 is 2.93. The van der Waals surface area contributed by atoms with E-state index in [2.05, 4.69) is 27.6 Å². The van der Waals surface area contributed by atoms with Crippen LogP contribution < -0.4 is 5.32 Å². The fraction of sp³-hybridized carbons (Fsp3) is 0.235. The van der Waals surface area contributed by atoms with Crippen LogP contribution in [0.25, 0.3) is 11.5 Å². The number of nitrogens with one attached hydrogen (secondary N) is 1. The number of carbonyl (C=O) groups excluding carboxylic acids is 1. The first kappa shape index (κ1) is 17.6. The second kappa shape index (κ2) is 8.77. The van der Waals surface area contributed by atoms with Crippen LogP contribution in [0.4, 0.5) is 0 Å². The molecule has 0 aliphatic rings. The van der Waals surface area contributed by atoms with E-state index in [1.807, 2.05) is 25.1 Å². The van der Waals surface area contributed by atoms with Gasteiger partial charge >= 0.3 is 0 Å². The van der Waals surface area contributed by atoms with Crippen molar-refractivity contribution in [1.29, 1.82) is 0 Å². The summed E-state index contributed by atoms with van der Waals surface area (Å²) in [6.45, 7) is 2.44. The molecule has 8 heteroatoms. The molecular weight excluding hydrogens is 358 g/mol. The van der Waals surface area contributed by atoms with E-state index < -0.39 is 0 Å². The first-order chi connectivity index (χ1) is 12.2. The number of benzene rings is 1. The van der Waals surface area contributed by atoms with Crippen LogP contribution in [-0.2, 0) is 4.79 Å². The quantitative estimate of drug-likeness (QED) is 0.475. The molecule has 6 nitrogen and oxygen atoms in total. The largest absolute Gasteiger partial charge is 0.469 e. The molecular formula is C17H17N3O3S2. The maximum atomic E-state index is 11.9. The molecule has 0 saturated heterocycles. The molecule has 2 heterocycles. The Kier molecular flexibility index (Phi) is 6.19. The van der Waals surface area contributed by atoms with Crippen LogP contribution in [0.15, 0.2) is 61.6 Å². The number of aryl methyl sites for hydroxylation is 1. The number of carbonyl (C=O) groups is 1. The maximum absolute atomic E-state index is 11.9. The monoisotopic (exact) mass is 375 g/mol. The van der Waals surface area contributed by atoms with Crippen molar-refractivity contribution in [2.24, 2.45) is 0 Å². The van der Waals surface area contributed by atoms with Gasteiger partial charge in [0.1, 0.15) is 5.76 Å². The molecule has 0 radical (unpaired) electrons. The molecule has 0 aliphatic carbocycles. The lowest BCUT2D eigenvalue weighted by Gasteiger charge is -2.04. The van der Waals surface area contributed by atoms with E-state index in [4.69, 9.17) is 8.83 Å². The van der Waals surface area contributed by atoms with Crippen LogP contribution in [0.2, 0.25) is 0 Å². The average molecular weight is 375 g/mol. The molecule has 1 amide bonds. The van der Waals surface area contributed by atoms with Crippen LogP contribution in [0.3, 0.4) is 0 Å². The van der Waals surface area contributed by atoms with E-state index in [0.717, 1.165) is 11.3 Å². The van der Waals surface area contributed by atoms with Crippen molar-refractivity contribution < 1.29 is 13.6 Å². The van der Waals surface area contributed by atoms with Crippen LogP contribution in [0.5, 0.6) is 0 Å². The standard InChI is InChI=1S/C17H17N3O3S2/c1-12-14(7-9-22-12)16-19-20-17(23-16)25-11-15(21)18-8-10-24-13-5-3-2-4-6-13/h2-7,9H,8,10-11H2,1H3,(H,18,21). The summed E-state index contributed by atoms with van der Waals surface area (Å²) < 4.78 is 10.8. The molecule has 130 valence electrons. The van der Waals surface area contributed by atoms with Gasteiger partial charge in [0, 0.05) is 17.2 Å². The van der Waals surface area contributed by atoms with Gasteiger partial charge in [-0.05, 0) is 25.1 Å². The first-order valence-electron chi connectivity index (χ1n) is 7.67. The Morgan fingerprint density at radius 2 is 2.00 bits per heavy atom. The van der Waals surface area contributed by atoms with Crippen molar-refractivity contribution in [2.75, 3.05) is 18.1 Å². The first-order valence-corrected chi connectivity index (χ1v) is 9.65. The molecule has 1 aromatic carbocycles. The van der Waals surface area contributed by atoms with Crippen molar-refractivity contribution in [2.45, 2.75) is 17.0 Å². The van der Waals surface area contributed by atoms with E-state index in [9.17, 15) is 4.79 Å². The molecule has 0 bridgehead atoms. The van der Waals surface area contributed by atoms with Gasteiger partial charge in [0.05, 0.1) is 17.6 Å². The molecule has 3 aromatic rings. The Morgan fingerprint density at radius 3 is 2.76 bits per heavy atom. The molecule has 3 rings (SSSR count). The van der Waals surface area contributed by atoms with Gasteiger partial charge in [0.15, 0.2) is 0 Å². The minimum Gasteiger partial charge on any atom is -0.469 e. The third-order valence-electron chi connectivity index (χ3n) is 3.26. The molecule has 25 heavy (non-hydrogen) atoms. The van der Waals surface area contributed by atoms with Crippen molar-refractivity contribution in [3.63, 3.8) is 0 Å². The highest BCUT2D eigenvalue weighted by Gasteiger charge is 2.14. The number of amides is 1. The fourth-order valence-electron chi connectivity index (χ4n) is 2.04. The summed E-state index contributed by atoms with van der Waals surface area (Å²) in [5.74, 6) is 2.12. The number of thioether (sulfide) groups is 2. The lowest BCUT2D eigenvalue weighted by Crippen LogP contribution is -2.27. The molecule has 1 N–H and O–H groups in total. The van der Waals surface area contributed by atoms with Crippen LogP contribution >= 0.6 is 23.5 Å². The van der Waals surface area contributed by atoms with Crippen molar-refractivity contribution in [3.8, 4) is 11.5 Å². The molecule has 0 atom stereocenters. The minimum atomic E-state index is -0.0575. The number of hydrogen-bond acceptors (Lipinski definition) is 7. The van der Waals surface area contributed by atoms with Gasteiger partial charge in [-0.15, -0.1) is 22.0 Å². The zero-order valence-corrected chi connectivity index (χ0v) is 15.2. The molecule has 0 saturated carbocycles. The number of aromatic nitrogens is 2.